The largest absolute Gasteiger partial charge is 0.464 e. The third-order valence-electron chi connectivity index (χ3n) is 7.71. The van der Waals surface area contributed by atoms with Gasteiger partial charge in [0.15, 0.2) is 29.4 Å². The third-order valence-corrected chi connectivity index (χ3v) is 10.6. The van der Waals surface area contributed by atoms with Crippen LogP contribution in [0.5, 0.6) is 5.75 Å². The molecule has 48 heavy (non-hydrogen) atoms. The van der Waals surface area contributed by atoms with Gasteiger partial charge in [-0.2, -0.15) is 0 Å². The number of ether oxygens (including phenoxy) is 2. The van der Waals surface area contributed by atoms with Crippen LogP contribution in [0.3, 0.4) is 0 Å². The van der Waals surface area contributed by atoms with Gasteiger partial charge in [-0.05, 0) is 42.5 Å². The lowest BCUT2D eigenvalue weighted by molar-refractivity contribution is -0.148. The molecule has 1 saturated heterocycles. The predicted molar refractivity (Wildman–Crippen MR) is 187 cm³/mol. The van der Waals surface area contributed by atoms with Crippen LogP contribution < -0.4 is 14.5 Å². The summed E-state index contributed by atoms with van der Waals surface area (Å²) in [5.74, 6) is 0.483. The predicted octanol–water partition coefficient (Wildman–Crippen LogP) is 5.45. The number of aliphatic hydroxyl groups excluding tert-OH is 1. The molecule has 260 valence electrons. The van der Waals surface area contributed by atoms with Crippen LogP contribution in [0.1, 0.15) is 39.7 Å². The molecule has 1 aliphatic heterocycles. The first-order chi connectivity index (χ1) is 22.6. The Balaban J connectivity index is 1.44. The minimum Gasteiger partial charge on any atom is -0.464 e. The number of nitrogens with zero attached hydrogens (tertiary/aromatic N) is 5. The van der Waals surface area contributed by atoms with Crippen LogP contribution in [0.25, 0.3) is 21.9 Å². The zero-order valence-electron chi connectivity index (χ0n) is 27.9. The van der Waals surface area contributed by atoms with Crippen molar-refractivity contribution in [1.29, 1.82) is 0 Å². The number of rotatable bonds is 12. The number of aromatic nitrogens is 4. The average Bonchev–Trinajstić information content (AvgIpc) is 3.56. The number of hydrogen-bond donors (Lipinski definition) is 2. The van der Waals surface area contributed by atoms with Gasteiger partial charge in [-0.25, -0.2) is 24.4 Å². The van der Waals surface area contributed by atoms with Crippen molar-refractivity contribution in [2.75, 3.05) is 38.1 Å². The van der Waals surface area contributed by atoms with Crippen molar-refractivity contribution in [2.45, 2.75) is 64.8 Å². The molecule has 0 bridgehead atoms. The van der Waals surface area contributed by atoms with E-state index in [0.717, 1.165) is 10.8 Å². The summed E-state index contributed by atoms with van der Waals surface area (Å²) in [7, 11) is 3.63. The normalized spacial score (nSPS) is 23.2. The summed E-state index contributed by atoms with van der Waals surface area (Å²) < 4.78 is 41.8. The van der Waals surface area contributed by atoms with Gasteiger partial charge in [-0.15, -0.1) is 11.6 Å². The molecule has 0 spiro atoms. The van der Waals surface area contributed by atoms with E-state index in [1.807, 2.05) is 71.3 Å². The zero-order valence-corrected chi connectivity index (χ0v) is 30.4. The number of imidazole rings is 1. The molecule has 2 aromatic carbocycles. The standard InChI is InChI=1S/C32H41ClFN6O6PS/c1-19(30(42)43-16-31(3,4)5)38-47(48,46-23-14-10-12-21-11-8-9-13-22(21)23)44-17-32(15-33)26(41)24(34)29(45-32)40-18-35-25-27(39(6)7)36-20(2)37-28(25)40/h8-14,18-19,24,26,29,41H,15-17H2,1-7H3,(H,38,48)/t19-,24-,26+,29-,32-,47+/m1/s1. The molecular weight excluding hydrogens is 682 g/mol. The molecule has 2 N–H and O–H groups in total. The SMILES string of the molecule is Cc1nc(N(C)C)c2ncn([C@@H]3O[C@](CCl)(CO[P@@](=S)(N[C@H](C)C(=O)OCC(C)(C)C)Oc4cccc5ccccc45)[C@@H](O)[C@H]3F)c2n1. The molecule has 0 unspecified atom stereocenters. The number of carbonyl (C=O) groups is 1. The summed E-state index contributed by atoms with van der Waals surface area (Å²) in [5, 5.41) is 16.0. The number of alkyl halides is 2. The number of fused-ring (bicyclic) bond motifs is 2. The molecule has 6 atom stereocenters. The Hall–Kier alpha value is -2.97. The summed E-state index contributed by atoms with van der Waals surface area (Å²) in [6.07, 6.45) is -3.64. The Morgan fingerprint density at radius 1 is 1.25 bits per heavy atom. The van der Waals surface area contributed by atoms with Gasteiger partial charge >= 0.3 is 12.6 Å². The Bertz CT molecular complexity index is 1840. The average molecular weight is 723 g/mol. The van der Waals surface area contributed by atoms with Crippen molar-refractivity contribution in [3.05, 3.63) is 54.6 Å². The fourth-order valence-electron chi connectivity index (χ4n) is 5.20. The number of esters is 1. The van der Waals surface area contributed by atoms with E-state index in [9.17, 15) is 9.90 Å². The lowest BCUT2D eigenvalue weighted by Gasteiger charge is -2.33. The number of aliphatic hydroxyl groups is 1. The van der Waals surface area contributed by atoms with Gasteiger partial charge in [-0.3, -0.25) is 9.36 Å². The smallest absolute Gasteiger partial charge is 0.323 e. The summed E-state index contributed by atoms with van der Waals surface area (Å²) in [6, 6.07) is 12.1. The summed E-state index contributed by atoms with van der Waals surface area (Å²) in [4.78, 5) is 28.1. The molecule has 3 heterocycles. The monoisotopic (exact) mass is 722 g/mol. The number of halogens is 2. The molecule has 0 radical (unpaired) electrons. The second-order valence-electron chi connectivity index (χ2n) is 13.3. The summed E-state index contributed by atoms with van der Waals surface area (Å²) in [6.45, 7) is 5.20. The first kappa shape index (κ1) is 36.3. The maximum atomic E-state index is 16.0. The zero-order chi connectivity index (χ0) is 35.0. The Kier molecular flexibility index (Phi) is 10.7. The quantitative estimate of drug-likeness (QED) is 0.110. The van der Waals surface area contributed by atoms with Gasteiger partial charge in [0.1, 0.15) is 29.3 Å². The minimum atomic E-state index is -3.65. The van der Waals surface area contributed by atoms with Crippen LogP contribution in [0.4, 0.5) is 10.2 Å². The van der Waals surface area contributed by atoms with Crippen LogP contribution in [0.15, 0.2) is 48.8 Å². The summed E-state index contributed by atoms with van der Waals surface area (Å²) in [5.41, 5.74) is -1.26. The van der Waals surface area contributed by atoms with E-state index in [2.05, 4.69) is 20.0 Å². The number of nitrogens with one attached hydrogen (secondary N) is 1. The van der Waals surface area contributed by atoms with Crippen molar-refractivity contribution in [3.8, 4) is 5.75 Å². The lowest BCUT2D eigenvalue weighted by atomic mass is 9.99. The van der Waals surface area contributed by atoms with Crippen LogP contribution >= 0.6 is 18.2 Å². The topological polar surface area (TPSA) is 133 Å². The number of anilines is 1. The second kappa shape index (κ2) is 14.1. The Morgan fingerprint density at radius 2 is 1.96 bits per heavy atom. The Labute approximate surface area is 289 Å². The second-order valence-corrected chi connectivity index (χ2v) is 16.7. The van der Waals surface area contributed by atoms with E-state index in [-0.39, 0.29) is 17.9 Å². The van der Waals surface area contributed by atoms with Gasteiger partial charge in [0.2, 0.25) is 0 Å². The van der Waals surface area contributed by atoms with E-state index in [1.54, 1.807) is 24.8 Å². The van der Waals surface area contributed by atoms with E-state index in [1.165, 1.54) is 10.9 Å². The van der Waals surface area contributed by atoms with Gasteiger partial charge in [0.25, 0.3) is 0 Å². The van der Waals surface area contributed by atoms with Gasteiger partial charge in [0, 0.05) is 19.5 Å². The van der Waals surface area contributed by atoms with Crippen molar-refractivity contribution >= 4 is 63.8 Å². The highest BCUT2D eigenvalue weighted by Gasteiger charge is 2.57. The first-order valence-corrected chi connectivity index (χ1v) is 18.5. The summed E-state index contributed by atoms with van der Waals surface area (Å²) >= 11 is 12.4. The van der Waals surface area contributed by atoms with Crippen molar-refractivity contribution < 1.29 is 32.8 Å². The first-order valence-electron chi connectivity index (χ1n) is 15.4. The highest BCUT2D eigenvalue weighted by molar-refractivity contribution is 8.09. The van der Waals surface area contributed by atoms with Crippen molar-refractivity contribution in [2.24, 2.45) is 5.41 Å². The minimum absolute atomic E-state index is 0.184. The molecule has 0 amide bonds. The van der Waals surface area contributed by atoms with Gasteiger partial charge in [0.05, 0.1) is 25.4 Å². The fraction of sp³-hybridized carbons (Fsp3) is 0.500. The molecule has 1 aliphatic rings. The van der Waals surface area contributed by atoms with E-state index >= 15 is 4.39 Å². The van der Waals surface area contributed by atoms with Crippen LogP contribution in [-0.2, 0) is 30.6 Å². The van der Waals surface area contributed by atoms with Crippen LogP contribution in [0, 0.1) is 12.3 Å². The molecule has 16 heteroatoms. The molecular formula is C32H41ClFN6O6PS. The van der Waals surface area contributed by atoms with E-state index in [0.29, 0.717) is 28.6 Å². The molecule has 0 aliphatic carbocycles. The Morgan fingerprint density at radius 3 is 2.65 bits per heavy atom. The van der Waals surface area contributed by atoms with E-state index < -0.39 is 49.4 Å². The van der Waals surface area contributed by atoms with Crippen molar-refractivity contribution in [1.82, 2.24) is 24.6 Å². The van der Waals surface area contributed by atoms with Crippen molar-refractivity contribution in [3.63, 3.8) is 0 Å². The lowest BCUT2D eigenvalue weighted by Crippen LogP contribution is -2.48. The molecule has 1 fully saturated rings. The highest BCUT2D eigenvalue weighted by Crippen LogP contribution is 2.50. The van der Waals surface area contributed by atoms with Gasteiger partial charge < -0.3 is 28.5 Å². The maximum absolute atomic E-state index is 16.0. The van der Waals surface area contributed by atoms with Crippen LogP contribution in [0.2, 0.25) is 0 Å². The highest BCUT2D eigenvalue weighted by atomic mass is 35.5. The molecule has 0 saturated carbocycles. The molecule has 5 rings (SSSR count). The number of carbonyl (C=O) groups excluding carboxylic acids is 1. The third kappa shape index (κ3) is 7.60. The molecule has 2 aromatic heterocycles. The molecule has 12 nitrogen and oxygen atoms in total. The number of benzene rings is 2. The van der Waals surface area contributed by atoms with E-state index in [4.69, 9.17) is 41.9 Å². The maximum Gasteiger partial charge on any atom is 0.323 e. The van der Waals surface area contributed by atoms with Gasteiger partial charge in [-0.1, -0.05) is 57.2 Å². The van der Waals surface area contributed by atoms with Crippen LogP contribution in [-0.4, -0.2) is 87.7 Å². The molecule has 4 aromatic rings. The number of aryl methyl sites for hydroxylation is 1. The number of hydrogen-bond acceptors (Lipinski definition) is 11. The fourth-order valence-corrected chi connectivity index (χ4v) is 7.94.